The molecule has 1 fully saturated rings. The first-order chi connectivity index (χ1) is 12.6. The fraction of sp³-hybridized carbons (Fsp3) is 0.389. The van der Waals surface area contributed by atoms with Gasteiger partial charge in [0.15, 0.2) is 0 Å². The van der Waals surface area contributed by atoms with Crippen molar-refractivity contribution in [1.29, 1.82) is 0 Å². The molecule has 1 saturated heterocycles. The third kappa shape index (κ3) is 4.26. The normalized spacial score (nSPS) is 15.1. The van der Waals surface area contributed by atoms with E-state index in [1.165, 1.54) is 25.3 Å². The van der Waals surface area contributed by atoms with Crippen molar-refractivity contribution in [3.63, 3.8) is 0 Å². The highest BCUT2D eigenvalue weighted by atomic mass is 19.1. The summed E-state index contributed by atoms with van der Waals surface area (Å²) in [5.74, 6) is -0.875. The van der Waals surface area contributed by atoms with E-state index in [9.17, 15) is 14.0 Å². The SMILES string of the molecule is COCC(=O)Nc1cc(F)cc(C(=O)N2CCC(c3ccn[nH]3)CC2)c1. The van der Waals surface area contributed by atoms with Gasteiger partial charge in [-0.2, -0.15) is 5.10 Å². The quantitative estimate of drug-likeness (QED) is 0.855. The van der Waals surface area contributed by atoms with Crippen molar-refractivity contribution in [3.05, 3.63) is 47.5 Å². The number of aromatic nitrogens is 2. The molecule has 138 valence electrons. The number of hydrogen-bond donors (Lipinski definition) is 2. The zero-order valence-electron chi connectivity index (χ0n) is 14.5. The third-order valence-electron chi connectivity index (χ3n) is 4.45. The number of nitrogens with one attached hydrogen (secondary N) is 2. The molecule has 26 heavy (non-hydrogen) atoms. The number of carbonyl (C=O) groups excluding carboxylic acids is 2. The summed E-state index contributed by atoms with van der Waals surface area (Å²) in [6.07, 6.45) is 3.36. The van der Waals surface area contributed by atoms with Crippen molar-refractivity contribution in [2.75, 3.05) is 32.1 Å². The standard InChI is InChI=1S/C18H21FN4O3/c1-26-11-17(24)21-15-9-13(8-14(19)10-15)18(25)23-6-3-12(4-7-23)16-2-5-20-22-16/h2,5,8-10,12H,3-4,6-7,11H2,1H3,(H,20,22)(H,21,24). The van der Waals surface area contributed by atoms with Crippen LogP contribution in [0.5, 0.6) is 0 Å². The fourth-order valence-corrected chi connectivity index (χ4v) is 3.18. The molecule has 0 unspecified atom stereocenters. The number of methoxy groups -OCH3 is 1. The van der Waals surface area contributed by atoms with Crippen molar-refractivity contribution < 1.29 is 18.7 Å². The van der Waals surface area contributed by atoms with Crippen LogP contribution in [0.2, 0.25) is 0 Å². The van der Waals surface area contributed by atoms with Gasteiger partial charge in [-0.1, -0.05) is 0 Å². The van der Waals surface area contributed by atoms with Crippen LogP contribution in [-0.4, -0.2) is 53.7 Å². The largest absolute Gasteiger partial charge is 0.375 e. The molecule has 1 aliphatic heterocycles. The Labute approximate surface area is 150 Å². The molecule has 2 heterocycles. The highest BCUT2D eigenvalue weighted by Gasteiger charge is 2.25. The average molecular weight is 360 g/mol. The van der Waals surface area contributed by atoms with Gasteiger partial charge in [0, 0.05) is 49.3 Å². The number of hydrogen-bond acceptors (Lipinski definition) is 4. The van der Waals surface area contributed by atoms with Gasteiger partial charge in [0.05, 0.1) is 0 Å². The number of nitrogens with zero attached hydrogens (tertiary/aromatic N) is 2. The molecule has 0 atom stereocenters. The van der Waals surface area contributed by atoms with Gasteiger partial charge in [0.25, 0.3) is 5.91 Å². The first-order valence-electron chi connectivity index (χ1n) is 8.44. The molecule has 1 aliphatic rings. The van der Waals surface area contributed by atoms with E-state index in [1.807, 2.05) is 6.07 Å². The molecule has 0 saturated carbocycles. The Bertz CT molecular complexity index is 771. The lowest BCUT2D eigenvalue weighted by molar-refractivity contribution is -0.119. The predicted octanol–water partition coefficient (Wildman–Crippen LogP) is 2.15. The molecular formula is C18H21FN4O3. The summed E-state index contributed by atoms with van der Waals surface area (Å²) in [5, 5.41) is 9.46. The lowest BCUT2D eigenvalue weighted by atomic mass is 9.93. The van der Waals surface area contributed by atoms with Gasteiger partial charge in [-0.15, -0.1) is 0 Å². The second-order valence-electron chi connectivity index (χ2n) is 6.29. The minimum absolute atomic E-state index is 0.138. The number of carbonyl (C=O) groups is 2. The number of rotatable bonds is 5. The van der Waals surface area contributed by atoms with Gasteiger partial charge in [0.1, 0.15) is 12.4 Å². The van der Waals surface area contributed by atoms with E-state index in [0.717, 1.165) is 18.5 Å². The van der Waals surface area contributed by atoms with Gasteiger partial charge in [-0.05, 0) is 37.1 Å². The molecule has 8 heteroatoms. The van der Waals surface area contributed by atoms with Crippen LogP contribution in [0.25, 0.3) is 0 Å². The second kappa shape index (κ2) is 8.09. The summed E-state index contributed by atoms with van der Waals surface area (Å²) in [6, 6.07) is 5.80. The fourth-order valence-electron chi connectivity index (χ4n) is 3.18. The molecule has 1 aromatic heterocycles. The highest BCUT2D eigenvalue weighted by molar-refractivity contribution is 5.97. The molecule has 1 aromatic carbocycles. The van der Waals surface area contributed by atoms with Crippen LogP contribution >= 0.6 is 0 Å². The smallest absolute Gasteiger partial charge is 0.254 e. The summed E-state index contributed by atoms with van der Waals surface area (Å²) in [6.45, 7) is 1.04. The Morgan fingerprint density at radius 1 is 1.35 bits per heavy atom. The van der Waals surface area contributed by atoms with Gasteiger partial charge in [-0.25, -0.2) is 4.39 Å². The number of ether oxygens (including phenoxy) is 1. The molecule has 3 rings (SSSR count). The van der Waals surface area contributed by atoms with Gasteiger partial charge in [-0.3, -0.25) is 14.7 Å². The zero-order valence-corrected chi connectivity index (χ0v) is 14.5. The topological polar surface area (TPSA) is 87.3 Å². The highest BCUT2D eigenvalue weighted by Crippen LogP contribution is 2.27. The van der Waals surface area contributed by atoms with E-state index in [1.54, 1.807) is 11.1 Å². The van der Waals surface area contributed by atoms with Crippen LogP contribution in [0.4, 0.5) is 10.1 Å². The zero-order chi connectivity index (χ0) is 18.5. The van der Waals surface area contributed by atoms with Crippen LogP contribution in [0.1, 0.15) is 34.8 Å². The molecule has 2 amide bonds. The van der Waals surface area contributed by atoms with Crippen molar-refractivity contribution in [3.8, 4) is 0 Å². The second-order valence-corrected chi connectivity index (χ2v) is 6.29. The molecule has 7 nitrogen and oxygen atoms in total. The lowest BCUT2D eigenvalue weighted by Gasteiger charge is -2.31. The molecule has 0 bridgehead atoms. The summed E-state index contributed by atoms with van der Waals surface area (Å²) >= 11 is 0. The predicted molar refractivity (Wildman–Crippen MR) is 93.4 cm³/mol. The molecule has 2 aromatic rings. The van der Waals surface area contributed by atoms with Crippen LogP contribution in [0.3, 0.4) is 0 Å². The van der Waals surface area contributed by atoms with E-state index in [0.29, 0.717) is 19.0 Å². The molecule has 0 radical (unpaired) electrons. The van der Waals surface area contributed by atoms with Crippen molar-refractivity contribution in [2.45, 2.75) is 18.8 Å². The Morgan fingerprint density at radius 2 is 2.12 bits per heavy atom. The molecule has 2 N–H and O–H groups in total. The van der Waals surface area contributed by atoms with Crippen molar-refractivity contribution in [1.82, 2.24) is 15.1 Å². The van der Waals surface area contributed by atoms with Crippen LogP contribution in [0, 0.1) is 5.82 Å². The van der Waals surface area contributed by atoms with Crippen molar-refractivity contribution >= 4 is 17.5 Å². The Balaban J connectivity index is 1.66. The summed E-state index contributed by atoms with van der Waals surface area (Å²) < 4.78 is 18.6. The maximum absolute atomic E-state index is 13.9. The van der Waals surface area contributed by atoms with Gasteiger partial charge < -0.3 is 15.0 Å². The molecular weight excluding hydrogens is 339 g/mol. The summed E-state index contributed by atoms with van der Waals surface area (Å²) in [7, 11) is 1.40. The van der Waals surface area contributed by atoms with E-state index in [2.05, 4.69) is 15.5 Å². The Morgan fingerprint density at radius 3 is 2.77 bits per heavy atom. The lowest BCUT2D eigenvalue weighted by Crippen LogP contribution is -2.38. The average Bonchev–Trinajstić information content (AvgIpc) is 3.15. The van der Waals surface area contributed by atoms with E-state index < -0.39 is 11.7 Å². The number of anilines is 1. The monoisotopic (exact) mass is 360 g/mol. The van der Waals surface area contributed by atoms with E-state index >= 15 is 0 Å². The molecule has 0 aliphatic carbocycles. The number of piperidine rings is 1. The first-order valence-corrected chi connectivity index (χ1v) is 8.44. The number of benzene rings is 1. The molecule has 0 spiro atoms. The van der Waals surface area contributed by atoms with Gasteiger partial charge >= 0.3 is 0 Å². The van der Waals surface area contributed by atoms with E-state index in [4.69, 9.17) is 4.74 Å². The first kappa shape index (κ1) is 18.1. The number of likely N-dealkylation sites (tertiary alicyclic amines) is 1. The summed E-state index contributed by atoms with van der Waals surface area (Å²) in [4.78, 5) is 26.0. The third-order valence-corrected chi connectivity index (χ3v) is 4.45. The minimum atomic E-state index is -0.573. The van der Waals surface area contributed by atoms with E-state index in [-0.39, 0.29) is 23.8 Å². The summed E-state index contributed by atoms with van der Waals surface area (Å²) in [5.41, 5.74) is 1.53. The Kier molecular flexibility index (Phi) is 5.62. The van der Waals surface area contributed by atoms with Crippen LogP contribution in [-0.2, 0) is 9.53 Å². The van der Waals surface area contributed by atoms with Crippen LogP contribution in [0.15, 0.2) is 30.5 Å². The number of halogens is 1. The minimum Gasteiger partial charge on any atom is -0.375 e. The maximum Gasteiger partial charge on any atom is 0.254 e. The van der Waals surface area contributed by atoms with Crippen molar-refractivity contribution in [2.24, 2.45) is 0 Å². The van der Waals surface area contributed by atoms with Gasteiger partial charge in [0.2, 0.25) is 5.91 Å². The number of H-pyrrole nitrogens is 1. The number of amides is 2. The number of aromatic amines is 1. The maximum atomic E-state index is 13.9. The Hall–Kier alpha value is -2.74. The van der Waals surface area contributed by atoms with Crippen LogP contribution < -0.4 is 5.32 Å².